The van der Waals surface area contributed by atoms with Crippen molar-refractivity contribution in [1.29, 1.82) is 0 Å². The summed E-state index contributed by atoms with van der Waals surface area (Å²) in [5, 5.41) is 3.60. The molecule has 1 nitrogen and oxygen atoms in total. The van der Waals surface area contributed by atoms with Gasteiger partial charge in [0.2, 0.25) is 0 Å². The lowest BCUT2D eigenvalue weighted by molar-refractivity contribution is 0.291. The maximum atomic E-state index is 3.60. The van der Waals surface area contributed by atoms with Gasteiger partial charge in [-0.3, -0.25) is 0 Å². The molecule has 1 heteroatoms. The van der Waals surface area contributed by atoms with Crippen LogP contribution in [0.1, 0.15) is 56.7 Å². The molecule has 0 heterocycles. The third-order valence-corrected chi connectivity index (χ3v) is 4.63. The molecule has 0 saturated heterocycles. The van der Waals surface area contributed by atoms with E-state index in [1.54, 1.807) is 11.1 Å². The molecule has 0 saturated carbocycles. The van der Waals surface area contributed by atoms with Crippen LogP contribution in [0.25, 0.3) is 0 Å². The Hall–Kier alpha value is -0.820. The number of hydrogen-bond acceptors (Lipinski definition) is 1. The van der Waals surface area contributed by atoms with Gasteiger partial charge in [-0.15, -0.1) is 0 Å². The first-order chi connectivity index (χ1) is 9.17. The first-order valence-corrected chi connectivity index (χ1v) is 7.98. The van der Waals surface area contributed by atoms with Crippen molar-refractivity contribution in [2.75, 3.05) is 13.1 Å². The molecule has 106 valence electrons. The van der Waals surface area contributed by atoms with Gasteiger partial charge in [0.15, 0.2) is 0 Å². The summed E-state index contributed by atoms with van der Waals surface area (Å²) in [4.78, 5) is 0. The van der Waals surface area contributed by atoms with Crippen molar-refractivity contribution in [3.05, 3.63) is 34.9 Å². The zero-order valence-corrected chi connectivity index (χ0v) is 12.9. The fraction of sp³-hybridized carbons (Fsp3) is 0.667. The molecule has 1 aromatic rings. The number of benzene rings is 1. The molecule has 1 unspecified atom stereocenters. The Morgan fingerprint density at radius 1 is 1.16 bits per heavy atom. The first kappa shape index (κ1) is 14.6. The van der Waals surface area contributed by atoms with E-state index >= 15 is 0 Å². The summed E-state index contributed by atoms with van der Waals surface area (Å²) < 4.78 is 0. The van der Waals surface area contributed by atoms with Gasteiger partial charge in [-0.1, -0.05) is 39.0 Å². The van der Waals surface area contributed by atoms with Crippen molar-refractivity contribution in [2.45, 2.75) is 59.3 Å². The standard InChI is InChI=1S/C18H29N/c1-4-11-19-14-18(3,5-2)13-15-9-10-16-7-6-8-17(16)12-15/h9-10,12,19H,4-8,11,13-14H2,1-3H3. The Balaban J connectivity index is 2.01. The van der Waals surface area contributed by atoms with Crippen molar-refractivity contribution < 1.29 is 0 Å². The molecular formula is C18H29N. The Kier molecular flexibility index (Phi) is 5.04. The average molecular weight is 259 g/mol. The molecular weight excluding hydrogens is 230 g/mol. The summed E-state index contributed by atoms with van der Waals surface area (Å²) in [6, 6.07) is 7.20. The lowest BCUT2D eigenvalue weighted by Crippen LogP contribution is -2.33. The topological polar surface area (TPSA) is 12.0 Å². The number of rotatable bonds is 7. The van der Waals surface area contributed by atoms with Crippen LogP contribution in [-0.4, -0.2) is 13.1 Å². The summed E-state index contributed by atoms with van der Waals surface area (Å²) >= 11 is 0. The third kappa shape index (κ3) is 3.82. The summed E-state index contributed by atoms with van der Waals surface area (Å²) in [7, 11) is 0. The highest BCUT2D eigenvalue weighted by Crippen LogP contribution is 2.29. The van der Waals surface area contributed by atoms with Gasteiger partial charge in [0, 0.05) is 6.54 Å². The van der Waals surface area contributed by atoms with Crippen LogP contribution in [0.2, 0.25) is 0 Å². The van der Waals surface area contributed by atoms with Gasteiger partial charge in [0.1, 0.15) is 0 Å². The molecule has 0 fully saturated rings. The predicted octanol–water partition coefficient (Wildman–Crippen LogP) is 4.13. The van der Waals surface area contributed by atoms with Gasteiger partial charge in [-0.2, -0.15) is 0 Å². The van der Waals surface area contributed by atoms with E-state index in [0.717, 1.165) is 13.1 Å². The molecule has 0 spiro atoms. The second-order valence-corrected chi connectivity index (χ2v) is 6.47. The van der Waals surface area contributed by atoms with E-state index in [4.69, 9.17) is 0 Å². The predicted molar refractivity (Wildman–Crippen MR) is 83.7 cm³/mol. The molecule has 1 atom stereocenters. The van der Waals surface area contributed by atoms with Crippen molar-refractivity contribution >= 4 is 0 Å². The average Bonchev–Trinajstić information content (AvgIpc) is 2.86. The highest BCUT2D eigenvalue weighted by atomic mass is 14.9. The molecule has 0 amide bonds. The minimum Gasteiger partial charge on any atom is -0.316 e. The Morgan fingerprint density at radius 2 is 1.95 bits per heavy atom. The molecule has 1 aliphatic carbocycles. The summed E-state index contributed by atoms with van der Waals surface area (Å²) in [5.74, 6) is 0. The second kappa shape index (κ2) is 6.56. The number of fused-ring (bicyclic) bond motifs is 1. The van der Waals surface area contributed by atoms with Crippen LogP contribution < -0.4 is 5.32 Å². The van der Waals surface area contributed by atoms with Crippen molar-refractivity contribution in [2.24, 2.45) is 5.41 Å². The Bertz CT molecular complexity index is 410. The van der Waals surface area contributed by atoms with Crippen molar-refractivity contribution in [3.63, 3.8) is 0 Å². The lowest BCUT2D eigenvalue weighted by atomic mass is 9.80. The molecule has 1 aliphatic rings. The van der Waals surface area contributed by atoms with E-state index < -0.39 is 0 Å². The largest absolute Gasteiger partial charge is 0.316 e. The van der Waals surface area contributed by atoms with Gasteiger partial charge in [-0.05, 0) is 67.2 Å². The van der Waals surface area contributed by atoms with Crippen LogP contribution in [-0.2, 0) is 19.3 Å². The molecule has 0 bridgehead atoms. The molecule has 0 aliphatic heterocycles. The Labute approximate surface area is 118 Å². The van der Waals surface area contributed by atoms with E-state index in [2.05, 4.69) is 44.3 Å². The van der Waals surface area contributed by atoms with Crippen LogP contribution in [0.4, 0.5) is 0 Å². The van der Waals surface area contributed by atoms with Gasteiger partial charge in [0.05, 0.1) is 0 Å². The third-order valence-electron chi connectivity index (χ3n) is 4.63. The highest BCUT2D eigenvalue weighted by molar-refractivity contribution is 5.35. The highest BCUT2D eigenvalue weighted by Gasteiger charge is 2.23. The van der Waals surface area contributed by atoms with E-state index in [-0.39, 0.29) is 0 Å². The van der Waals surface area contributed by atoms with Crippen LogP contribution in [0, 0.1) is 5.41 Å². The van der Waals surface area contributed by atoms with E-state index in [0.29, 0.717) is 5.41 Å². The number of nitrogens with one attached hydrogen (secondary N) is 1. The van der Waals surface area contributed by atoms with Gasteiger partial charge in [0.25, 0.3) is 0 Å². The van der Waals surface area contributed by atoms with Crippen LogP contribution in [0.15, 0.2) is 18.2 Å². The quantitative estimate of drug-likeness (QED) is 0.726. The van der Waals surface area contributed by atoms with Crippen molar-refractivity contribution in [3.8, 4) is 0 Å². The summed E-state index contributed by atoms with van der Waals surface area (Å²) in [6.07, 6.45) is 7.59. The van der Waals surface area contributed by atoms with E-state index in [1.165, 1.54) is 44.1 Å². The fourth-order valence-corrected chi connectivity index (χ4v) is 3.11. The molecule has 0 radical (unpaired) electrons. The molecule has 0 aromatic heterocycles. The first-order valence-electron chi connectivity index (χ1n) is 7.98. The maximum absolute atomic E-state index is 3.60. The minimum atomic E-state index is 0.391. The van der Waals surface area contributed by atoms with Crippen LogP contribution >= 0.6 is 0 Å². The van der Waals surface area contributed by atoms with Crippen molar-refractivity contribution in [1.82, 2.24) is 5.32 Å². The summed E-state index contributed by atoms with van der Waals surface area (Å²) in [6.45, 7) is 9.24. The normalized spacial score (nSPS) is 17.2. The summed E-state index contributed by atoms with van der Waals surface area (Å²) in [5.41, 5.74) is 5.12. The van der Waals surface area contributed by atoms with E-state index in [1.807, 2.05) is 0 Å². The molecule has 1 aromatic carbocycles. The minimum absolute atomic E-state index is 0.391. The SMILES string of the molecule is CCCNCC(C)(CC)Cc1ccc2c(c1)CCC2. The van der Waals surface area contributed by atoms with Crippen LogP contribution in [0.3, 0.4) is 0 Å². The number of hydrogen-bond donors (Lipinski definition) is 1. The zero-order valence-electron chi connectivity index (χ0n) is 12.9. The van der Waals surface area contributed by atoms with Gasteiger partial charge >= 0.3 is 0 Å². The second-order valence-electron chi connectivity index (χ2n) is 6.47. The Morgan fingerprint density at radius 3 is 2.68 bits per heavy atom. The molecule has 19 heavy (non-hydrogen) atoms. The van der Waals surface area contributed by atoms with Gasteiger partial charge < -0.3 is 5.32 Å². The van der Waals surface area contributed by atoms with E-state index in [9.17, 15) is 0 Å². The smallest absolute Gasteiger partial charge is 0.000824 e. The van der Waals surface area contributed by atoms with Gasteiger partial charge in [-0.25, -0.2) is 0 Å². The van der Waals surface area contributed by atoms with Crippen LogP contribution in [0.5, 0.6) is 0 Å². The molecule has 1 N–H and O–H groups in total. The molecule has 2 rings (SSSR count). The lowest BCUT2D eigenvalue weighted by Gasteiger charge is -2.29. The monoisotopic (exact) mass is 259 g/mol. The maximum Gasteiger partial charge on any atom is 0.000824 e. The number of aryl methyl sites for hydroxylation is 2. The fourth-order valence-electron chi connectivity index (χ4n) is 3.11. The zero-order chi connectivity index (χ0) is 13.7.